The van der Waals surface area contributed by atoms with Gasteiger partial charge in [-0.3, -0.25) is 9.78 Å². The summed E-state index contributed by atoms with van der Waals surface area (Å²) in [6, 6.07) is 3.63. The van der Waals surface area contributed by atoms with Crippen LogP contribution >= 0.6 is 0 Å². The number of hydrogen-bond acceptors (Lipinski definition) is 3. The highest BCUT2D eigenvalue weighted by molar-refractivity contribution is 6.06. The van der Waals surface area contributed by atoms with E-state index in [2.05, 4.69) is 4.98 Å². The third kappa shape index (κ3) is 1.66. The van der Waals surface area contributed by atoms with E-state index in [1.807, 2.05) is 19.1 Å². The van der Waals surface area contributed by atoms with Crippen LogP contribution in [0, 0.1) is 6.92 Å². The minimum atomic E-state index is -0.119. The predicted octanol–water partition coefficient (Wildman–Crippen LogP) is 1.88. The number of Topliss-reactive ketones (excluding diaryl/α,β-unsaturated/α-hetero) is 1. The normalized spacial score (nSPS) is 14.8. The molecule has 3 heteroatoms. The SMILES string of the molecule is Cc1ccnc(C(=O)C2=CCCO2)c1. The number of aromatic nitrogens is 1. The fourth-order valence-electron chi connectivity index (χ4n) is 1.36. The van der Waals surface area contributed by atoms with Gasteiger partial charge in [0.25, 0.3) is 0 Å². The fraction of sp³-hybridized carbons (Fsp3) is 0.273. The molecule has 1 aliphatic rings. The first-order chi connectivity index (χ1) is 6.77. The van der Waals surface area contributed by atoms with Gasteiger partial charge in [-0.1, -0.05) is 0 Å². The number of pyridine rings is 1. The van der Waals surface area contributed by atoms with E-state index >= 15 is 0 Å². The van der Waals surface area contributed by atoms with Crippen LogP contribution in [-0.2, 0) is 4.74 Å². The summed E-state index contributed by atoms with van der Waals surface area (Å²) in [5.41, 5.74) is 1.49. The second kappa shape index (κ2) is 3.62. The van der Waals surface area contributed by atoms with Crippen molar-refractivity contribution in [3.05, 3.63) is 41.4 Å². The van der Waals surface area contributed by atoms with Crippen LogP contribution in [0.2, 0.25) is 0 Å². The van der Waals surface area contributed by atoms with Crippen molar-refractivity contribution in [2.45, 2.75) is 13.3 Å². The summed E-state index contributed by atoms with van der Waals surface area (Å²) < 4.78 is 5.18. The second-order valence-electron chi connectivity index (χ2n) is 3.25. The zero-order valence-electron chi connectivity index (χ0n) is 7.99. The third-order valence-electron chi connectivity index (χ3n) is 2.08. The minimum Gasteiger partial charge on any atom is -0.489 e. The van der Waals surface area contributed by atoms with Crippen molar-refractivity contribution < 1.29 is 9.53 Å². The zero-order chi connectivity index (χ0) is 9.97. The number of ether oxygens (including phenoxy) is 1. The summed E-state index contributed by atoms with van der Waals surface area (Å²) in [5, 5.41) is 0. The summed E-state index contributed by atoms with van der Waals surface area (Å²) in [6.45, 7) is 2.54. The molecule has 0 atom stereocenters. The van der Waals surface area contributed by atoms with Crippen molar-refractivity contribution in [1.82, 2.24) is 4.98 Å². The van der Waals surface area contributed by atoms with Gasteiger partial charge in [0.15, 0.2) is 5.76 Å². The van der Waals surface area contributed by atoms with Gasteiger partial charge >= 0.3 is 0 Å². The van der Waals surface area contributed by atoms with Gasteiger partial charge in [0, 0.05) is 12.6 Å². The summed E-state index contributed by atoms with van der Waals surface area (Å²) >= 11 is 0. The van der Waals surface area contributed by atoms with E-state index in [-0.39, 0.29) is 5.78 Å². The molecule has 0 saturated carbocycles. The lowest BCUT2D eigenvalue weighted by atomic mass is 10.1. The zero-order valence-corrected chi connectivity index (χ0v) is 7.99. The van der Waals surface area contributed by atoms with Crippen molar-refractivity contribution in [1.29, 1.82) is 0 Å². The first kappa shape index (κ1) is 8.94. The summed E-state index contributed by atoms with van der Waals surface area (Å²) in [5.74, 6) is 0.314. The lowest BCUT2D eigenvalue weighted by Gasteiger charge is -2.02. The van der Waals surface area contributed by atoms with Gasteiger partial charge in [-0.05, 0) is 30.7 Å². The number of hydrogen-bond donors (Lipinski definition) is 0. The molecule has 2 rings (SSSR count). The van der Waals surface area contributed by atoms with Gasteiger partial charge < -0.3 is 4.74 Å². The van der Waals surface area contributed by atoms with Gasteiger partial charge in [0.2, 0.25) is 5.78 Å². The Balaban J connectivity index is 2.27. The summed E-state index contributed by atoms with van der Waals surface area (Å²) in [6.07, 6.45) is 4.26. The van der Waals surface area contributed by atoms with Crippen LogP contribution in [0.15, 0.2) is 30.2 Å². The summed E-state index contributed by atoms with van der Waals surface area (Å²) in [7, 11) is 0. The smallest absolute Gasteiger partial charge is 0.245 e. The number of allylic oxidation sites excluding steroid dienone is 1. The molecule has 72 valence electrons. The molecule has 0 unspecified atom stereocenters. The van der Waals surface area contributed by atoms with Gasteiger partial charge in [0.05, 0.1) is 6.61 Å². The van der Waals surface area contributed by atoms with Crippen molar-refractivity contribution in [3.63, 3.8) is 0 Å². The molecule has 0 amide bonds. The lowest BCUT2D eigenvalue weighted by molar-refractivity contribution is 0.0937. The first-order valence-corrected chi connectivity index (χ1v) is 4.58. The minimum absolute atomic E-state index is 0.119. The molecule has 0 saturated heterocycles. The molecule has 0 radical (unpaired) electrons. The van der Waals surface area contributed by atoms with E-state index in [4.69, 9.17) is 4.74 Å². The van der Waals surface area contributed by atoms with Crippen molar-refractivity contribution in [3.8, 4) is 0 Å². The van der Waals surface area contributed by atoms with Crippen LogP contribution in [0.4, 0.5) is 0 Å². The number of carbonyl (C=O) groups is 1. The molecule has 1 aromatic heterocycles. The Hall–Kier alpha value is -1.64. The standard InChI is InChI=1S/C11H11NO2/c1-8-4-5-12-9(7-8)11(13)10-3-2-6-14-10/h3-5,7H,2,6H2,1H3. The van der Waals surface area contributed by atoms with Crippen LogP contribution in [0.3, 0.4) is 0 Å². The highest BCUT2D eigenvalue weighted by Gasteiger charge is 2.17. The van der Waals surface area contributed by atoms with Gasteiger partial charge in [-0.25, -0.2) is 0 Å². The van der Waals surface area contributed by atoms with Crippen molar-refractivity contribution in [2.24, 2.45) is 0 Å². The first-order valence-electron chi connectivity index (χ1n) is 4.58. The molecule has 3 nitrogen and oxygen atoms in total. The van der Waals surface area contributed by atoms with E-state index in [1.165, 1.54) is 0 Å². The van der Waals surface area contributed by atoms with E-state index in [0.29, 0.717) is 18.1 Å². The number of carbonyl (C=O) groups excluding carboxylic acids is 1. The highest BCUT2D eigenvalue weighted by Crippen LogP contribution is 2.14. The maximum atomic E-state index is 11.7. The molecule has 0 spiro atoms. The number of rotatable bonds is 2. The Bertz CT molecular complexity index is 396. The fourth-order valence-corrected chi connectivity index (χ4v) is 1.36. The van der Waals surface area contributed by atoms with Crippen LogP contribution in [0.5, 0.6) is 0 Å². The van der Waals surface area contributed by atoms with Crippen LogP contribution in [0.1, 0.15) is 22.5 Å². The average molecular weight is 189 g/mol. The van der Waals surface area contributed by atoms with Gasteiger partial charge in [0.1, 0.15) is 5.69 Å². The molecule has 2 heterocycles. The van der Waals surface area contributed by atoms with Crippen LogP contribution < -0.4 is 0 Å². The molecule has 1 aliphatic heterocycles. The molecular weight excluding hydrogens is 178 g/mol. The van der Waals surface area contributed by atoms with E-state index in [1.54, 1.807) is 12.3 Å². The quantitative estimate of drug-likeness (QED) is 0.667. The molecule has 0 N–H and O–H groups in total. The molecule has 1 aromatic rings. The van der Waals surface area contributed by atoms with Gasteiger partial charge in [-0.2, -0.15) is 0 Å². The van der Waals surface area contributed by atoms with Crippen LogP contribution in [-0.4, -0.2) is 17.4 Å². The average Bonchev–Trinajstić information content (AvgIpc) is 2.69. The monoisotopic (exact) mass is 189 g/mol. The maximum Gasteiger partial charge on any atom is 0.245 e. The Morgan fingerprint density at radius 2 is 2.43 bits per heavy atom. The second-order valence-corrected chi connectivity index (χ2v) is 3.25. The Labute approximate surface area is 82.4 Å². The summed E-state index contributed by atoms with van der Waals surface area (Å²) in [4.78, 5) is 15.8. The van der Waals surface area contributed by atoms with Crippen LogP contribution in [0.25, 0.3) is 0 Å². The predicted molar refractivity (Wildman–Crippen MR) is 52.0 cm³/mol. The van der Waals surface area contributed by atoms with Crippen molar-refractivity contribution in [2.75, 3.05) is 6.61 Å². The molecule has 0 aromatic carbocycles. The lowest BCUT2D eigenvalue weighted by Crippen LogP contribution is -2.06. The Morgan fingerprint density at radius 1 is 1.57 bits per heavy atom. The molecule has 0 aliphatic carbocycles. The molecule has 14 heavy (non-hydrogen) atoms. The Kier molecular flexibility index (Phi) is 2.31. The number of nitrogens with zero attached hydrogens (tertiary/aromatic N) is 1. The topological polar surface area (TPSA) is 39.2 Å². The Morgan fingerprint density at radius 3 is 3.07 bits per heavy atom. The molecular formula is C11H11NO2. The van der Waals surface area contributed by atoms with Gasteiger partial charge in [-0.15, -0.1) is 0 Å². The largest absolute Gasteiger partial charge is 0.489 e. The molecule has 0 fully saturated rings. The van der Waals surface area contributed by atoms with E-state index in [9.17, 15) is 4.79 Å². The maximum absolute atomic E-state index is 11.7. The number of aryl methyl sites for hydroxylation is 1. The third-order valence-corrected chi connectivity index (χ3v) is 2.08. The number of ketones is 1. The highest BCUT2D eigenvalue weighted by atomic mass is 16.5. The van der Waals surface area contributed by atoms with E-state index < -0.39 is 0 Å². The van der Waals surface area contributed by atoms with E-state index in [0.717, 1.165) is 12.0 Å². The van der Waals surface area contributed by atoms with Crippen molar-refractivity contribution >= 4 is 5.78 Å². The molecule has 0 bridgehead atoms.